The zero-order valence-corrected chi connectivity index (χ0v) is 9.79. The molecule has 2 aliphatic rings. The van der Waals surface area contributed by atoms with Gasteiger partial charge in [-0.2, -0.15) is 5.26 Å². The van der Waals surface area contributed by atoms with Crippen LogP contribution < -0.4 is 5.32 Å². The number of nitrogens with zero attached hydrogens (tertiary/aromatic N) is 2. The van der Waals surface area contributed by atoms with Gasteiger partial charge in [0.05, 0.1) is 6.07 Å². The fourth-order valence-corrected chi connectivity index (χ4v) is 2.36. The third-order valence-corrected chi connectivity index (χ3v) is 3.70. The van der Waals surface area contributed by atoms with Gasteiger partial charge in [-0.25, -0.2) is 0 Å². The molecule has 2 fully saturated rings. The van der Waals surface area contributed by atoms with Gasteiger partial charge in [-0.1, -0.05) is 0 Å². The number of hydrogen-bond acceptors (Lipinski definition) is 3. The summed E-state index contributed by atoms with van der Waals surface area (Å²) in [6.45, 7) is 6.87. The highest BCUT2D eigenvalue weighted by Gasteiger charge is 2.44. The molecule has 0 atom stereocenters. The summed E-state index contributed by atoms with van der Waals surface area (Å²) in [5.74, 6) is 0. The lowest BCUT2D eigenvalue weighted by atomic mass is 10.0. The van der Waals surface area contributed by atoms with Crippen molar-refractivity contribution in [3.05, 3.63) is 0 Å². The molecular formula is C12H21N3. The Morgan fingerprint density at radius 1 is 1.33 bits per heavy atom. The maximum atomic E-state index is 9.00. The van der Waals surface area contributed by atoms with Crippen LogP contribution in [0.1, 0.15) is 39.5 Å². The Morgan fingerprint density at radius 2 is 1.93 bits per heavy atom. The van der Waals surface area contributed by atoms with E-state index in [1.807, 2.05) is 0 Å². The standard InChI is InChI=1S/C12H21N3/c1-10(2)15-7-3-11(4-8-15)14-12(9-13)5-6-12/h10-11,14H,3-8H2,1-2H3. The molecule has 2 rings (SSSR count). The second-order valence-electron chi connectivity index (χ2n) is 5.24. The molecular weight excluding hydrogens is 186 g/mol. The molecule has 15 heavy (non-hydrogen) atoms. The summed E-state index contributed by atoms with van der Waals surface area (Å²) in [5, 5.41) is 12.5. The topological polar surface area (TPSA) is 39.1 Å². The largest absolute Gasteiger partial charge is 0.301 e. The summed E-state index contributed by atoms with van der Waals surface area (Å²) in [4.78, 5) is 2.52. The van der Waals surface area contributed by atoms with Gasteiger partial charge in [-0.05, 0) is 52.6 Å². The molecule has 0 amide bonds. The number of likely N-dealkylation sites (tertiary alicyclic amines) is 1. The Hall–Kier alpha value is -0.590. The first-order valence-corrected chi connectivity index (χ1v) is 6.08. The van der Waals surface area contributed by atoms with E-state index < -0.39 is 0 Å². The SMILES string of the molecule is CC(C)N1CCC(NC2(C#N)CC2)CC1. The predicted molar refractivity (Wildman–Crippen MR) is 60.4 cm³/mol. The Balaban J connectivity index is 1.77. The molecule has 3 nitrogen and oxygen atoms in total. The van der Waals surface area contributed by atoms with Crippen molar-refractivity contribution in [1.29, 1.82) is 5.26 Å². The lowest BCUT2D eigenvalue weighted by Crippen LogP contribution is -2.48. The van der Waals surface area contributed by atoms with Crippen LogP contribution in [-0.2, 0) is 0 Å². The molecule has 0 spiro atoms. The van der Waals surface area contributed by atoms with E-state index in [0.717, 1.165) is 12.8 Å². The van der Waals surface area contributed by atoms with E-state index in [1.165, 1.54) is 25.9 Å². The van der Waals surface area contributed by atoms with Crippen LogP contribution in [0.2, 0.25) is 0 Å². The second-order valence-corrected chi connectivity index (χ2v) is 5.24. The van der Waals surface area contributed by atoms with Gasteiger partial charge in [0.1, 0.15) is 5.54 Å². The average Bonchev–Trinajstić information content (AvgIpc) is 2.99. The molecule has 0 bridgehead atoms. The molecule has 3 heteroatoms. The smallest absolute Gasteiger partial charge is 0.107 e. The van der Waals surface area contributed by atoms with Crippen molar-refractivity contribution in [2.45, 2.75) is 57.2 Å². The summed E-state index contributed by atoms with van der Waals surface area (Å²) >= 11 is 0. The fraction of sp³-hybridized carbons (Fsp3) is 0.917. The average molecular weight is 207 g/mol. The number of rotatable bonds is 3. The van der Waals surface area contributed by atoms with Gasteiger partial charge in [-0.3, -0.25) is 5.32 Å². The van der Waals surface area contributed by atoms with Gasteiger partial charge in [0.15, 0.2) is 0 Å². The molecule has 0 radical (unpaired) electrons. The number of hydrogen-bond donors (Lipinski definition) is 1. The Labute approximate surface area is 92.4 Å². The molecule has 1 aliphatic carbocycles. The molecule has 84 valence electrons. The monoisotopic (exact) mass is 207 g/mol. The van der Waals surface area contributed by atoms with Gasteiger partial charge in [0.25, 0.3) is 0 Å². The van der Waals surface area contributed by atoms with Gasteiger partial charge < -0.3 is 4.90 Å². The number of piperidine rings is 1. The highest BCUT2D eigenvalue weighted by atomic mass is 15.2. The van der Waals surface area contributed by atoms with Crippen LogP contribution >= 0.6 is 0 Å². The van der Waals surface area contributed by atoms with E-state index in [0.29, 0.717) is 12.1 Å². The van der Waals surface area contributed by atoms with Crippen LogP contribution in [-0.4, -0.2) is 35.6 Å². The molecule has 0 aromatic carbocycles. The Morgan fingerprint density at radius 3 is 2.33 bits per heavy atom. The molecule has 1 aliphatic heterocycles. The number of nitriles is 1. The quantitative estimate of drug-likeness (QED) is 0.762. The van der Waals surface area contributed by atoms with Crippen LogP contribution in [0.3, 0.4) is 0 Å². The van der Waals surface area contributed by atoms with Crippen LogP contribution in [0, 0.1) is 11.3 Å². The fourth-order valence-electron chi connectivity index (χ4n) is 2.36. The molecule has 0 aromatic rings. The van der Waals surface area contributed by atoms with Crippen molar-refractivity contribution >= 4 is 0 Å². The maximum absolute atomic E-state index is 9.00. The summed E-state index contributed by atoms with van der Waals surface area (Å²) in [6, 6.07) is 3.64. The first kappa shape index (κ1) is 10.9. The van der Waals surface area contributed by atoms with Crippen LogP contribution in [0.5, 0.6) is 0 Å². The zero-order valence-electron chi connectivity index (χ0n) is 9.79. The minimum Gasteiger partial charge on any atom is -0.301 e. The van der Waals surface area contributed by atoms with Crippen LogP contribution in [0.4, 0.5) is 0 Å². The first-order chi connectivity index (χ1) is 7.15. The highest BCUT2D eigenvalue weighted by Crippen LogP contribution is 2.35. The zero-order chi connectivity index (χ0) is 10.9. The van der Waals surface area contributed by atoms with E-state index >= 15 is 0 Å². The molecule has 1 saturated carbocycles. The van der Waals surface area contributed by atoms with Crippen molar-refractivity contribution in [2.24, 2.45) is 0 Å². The minimum absolute atomic E-state index is 0.134. The normalized spacial score (nSPS) is 26.5. The van der Waals surface area contributed by atoms with Gasteiger partial charge >= 0.3 is 0 Å². The predicted octanol–water partition coefficient (Wildman–Crippen LogP) is 1.50. The minimum atomic E-state index is -0.134. The van der Waals surface area contributed by atoms with Crippen molar-refractivity contribution in [2.75, 3.05) is 13.1 Å². The maximum Gasteiger partial charge on any atom is 0.107 e. The lowest BCUT2D eigenvalue weighted by Gasteiger charge is -2.35. The van der Waals surface area contributed by atoms with E-state index in [4.69, 9.17) is 5.26 Å². The number of nitrogens with one attached hydrogen (secondary N) is 1. The van der Waals surface area contributed by atoms with Gasteiger partial charge in [0.2, 0.25) is 0 Å². The summed E-state index contributed by atoms with van der Waals surface area (Å²) < 4.78 is 0. The van der Waals surface area contributed by atoms with Crippen molar-refractivity contribution < 1.29 is 0 Å². The van der Waals surface area contributed by atoms with Crippen LogP contribution in [0.15, 0.2) is 0 Å². The van der Waals surface area contributed by atoms with E-state index in [9.17, 15) is 0 Å². The van der Waals surface area contributed by atoms with E-state index in [2.05, 4.69) is 30.1 Å². The molecule has 1 N–H and O–H groups in total. The molecule has 1 heterocycles. The highest BCUT2D eigenvalue weighted by molar-refractivity contribution is 5.19. The Kier molecular flexibility index (Phi) is 2.99. The second kappa shape index (κ2) is 4.11. The van der Waals surface area contributed by atoms with Crippen molar-refractivity contribution in [3.63, 3.8) is 0 Å². The van der Waals surface area contributed by atoms with Gasteiger partial charge in [-0.15, -0.1) is 0 Å². The van der Waals surface area contributed by atoms with E-state index in [1.54, 1.807) is 0 Å². The van der Waals surface area contributed by atoms with Crippen molar-refractivity contribution in [3.8, 4) is 6.07 Å². The third kappa shape index (κ3) is 2.50. The van der Waals surface area contributed by atoms with Crippen LogP contribution in [0.25, 0.3) is 0 Å². The van der Waals surface area contributed by atoms with Gasteiger partial charge in [0, 0.05) is 12.1 Å². The summed E-state index contributed by atoms with van der Waals surface area (Å²) in [5.41, 5.74) is -0.134. The van der Waals surface area contributed by atoms with Crippen molar-refractivity contribution in [1.82, 2.24) is 10.2 Å². The first-order valence-electron chi connectivity index (χ1n) is 6.08. The summed E-state index contributed by atoms with van der Waals surface area (Å²) in [6.07, 6.45) is 4.49. The lowest BCUT2D eigenvalue weighted by molar-refractivity contribution is 0.158. The summed E-state index contributed by atoms with van der Waals surface area (Å²) in [7, 11) is 0. The third-order valence-electron chi connectivity index (χ3n) is 3.70. The van der Waals surface area contributed by atoms with E-state index in [-0.39, 0.29) is 5.54 Å². The Bertz CT molecular complexity index is 255. The molecule has 1 saturated heterocycles. The molecule has 0 unspecified atom stereocenters. The molecule has 0 aromatic heterocycles.